The molecular formula is C20H22Cl2N2O4. The van der Waals surface area contributed by atoms with Crippen molar-refractivity contribution in [2.75, 3.05) is 19.7 Å². The van der Waals surface area contributed by atoms with E-state index in [0.29, 0.717) is 53.4 Å². The van der Waals surface area contributed by atoms with Gasteiger partial charge in [-0.2, -0.15) is 0 Å². The summed E-state index contributed by atoms with van der Waals surface area (Å²) in [5, 5.41) is 1.02. The maximum Gasteiger partial charge on any atom is 0.310 e. The molecule has 1 amide bonds. The van der Waals surface area contributed by atoms with Crippen molar-refractivity contribution in [1.29, 1.82) is 0 Å². The number of halogens is 2. The highest BCUT2D eigenvalue weighted by Gasteiger charge is 2.29. The van der Waals surface area contributed by atoms with Gasteiger partial charge in [0.2, 0.25) is 5.91 Å². The number of carbonyl (C=O) groups excluding carboxylic acids is 2. The summed E-state index contributed by atoms with van der Waals surface area (Å²) in [6.45, 7) is 3.21. The number of carbonyl (C=O) groups is 2. The van der Waals surface area contributed by atoms with Gasteiger partial charge in [-0.25, -0.2) is 4.98 Å². The summed E-state index contributed by atoms with van der Waals surface area (Å²) in [4.78, 5) is 30.4. The zero-order valence-electron chi connectivity index (χ0n) is 15.6. The number of piperidine rings is 1. The predicted octanol–water partition coefficient (Wildman–Crippen LogP) is 4.38. The summed E-state index contributed by atoms with van der Waals surface area (Å²) in [7, 11) is 0. The van der Waals surface area contributed by atoms with Gasteiger partial charge in [-0.3, -0.25) is 9.59 Å². The Hall–Kier alpha value is -2.05. The Morgan fingerprint density at radius 3 is 2.93 bits per heavy atom. The summed E-state index contributed by atoms with van der Waals surface area (Å²) >= 11 is 12.1. The van der Waals surface area contributed by atoms with Gasteiger partial charge >= 0.3 is 5.97 Å². The maximum absolute atomic E-state index is 12.5. The average Bonchev–Trinajstić information content (AvgIpc) is 3.15. The minimum Gasteiger partial charge on any atom is -0.466 e. The van der Waals surface area contributed by atoms with Crippen LogP contribution in [0.3, 0.4) is 0 Å². The number of ether oxygens (including phenoxy) is 1. The zero-order chi connectivity index (χ0) is 20.1. The molecule has 28 heavy (non-hydrogen) atoms. The number of hydrogen-bond acceptors (Lipinski definition) is 5. The second-order valence-corrected chi connectivity index (χ2v) is 7.52. The molecular weight excluding hydrogens is 403 g/mol. The first kappa shape index (κ1) is 20.7. The molecule has 0 radical (unpaired) electrons. The summed E-state index contributed by atoms with van der Waals surface area (Å²) in [6.07, 6.45) is 3.79. The Labute approximate surface area is 173 Å². The molecule has 2 aromatic rings. The van der Waals surface area contributed by atoms with E-state index in [1.807, 2.05) is 0 Å². The molecule has 150 valence electrons. The quantitative estimate of drug-likeness (QED) is 0.643. The van der Waals surface area contributed by atoms with Gasteiger partial charge in [-0.15, -0.1) is 0 Å². The van der Waals surface area contributed by atoms with E-state index in [1.54, 1.807) is 36.2 Å². The molecule has 1 aromatic heterocycles. The Kier molecular flexibility index (Phi) is 6.97. The molecule has 1 aliphatic heterocycles. The normalized spacial score (nSPS) is 16.8. The number of rotatable bonds is 6. The Morgan fingerprint density at radius 1 is 1.36 bits per heavy atom. The fraction of sp³-hybridized carbons (Fsp3) is 0.450. The van der Waals surface area contributed by atoms with E-state index < -0.39 is 0 Å². The molecule has 0 unspecified atom stereocenters. The topological polar surface area (TPSA) is 72.6 Å². The highest BCUT2D eigenvalue weighted by Crippen LogP contribution is 2.31. The first-order valence-electron chi connectivity index (χ1n) is 9.32. The lowest BCUT2D eigenvalue weighted by Gasteiger charge is -2.31. The smallest absolute Gasteiger partial charge is 0.310 e. The van der Waals surface area contributed by atoms with Crippen LogP contribution in [0.4, 0.5) is 0 Å². The van der Waals surface area contributed by atoms with Gasteiger partial charge in [-0.1, -0.05) is 23.2 Å². The van der Waals surface area contributed by atoms with Crippen molar-refractivity contribution in [2.24, 2.45) is 5.92 Å². The van der Waals surface area contributed by atoms with Crippen molar-refractivity contribution in [3.8, 4) is 11.3 Å². The molecule has 1 atom stereocenters. The minimum atomic E-state index is -0.238. The molecule has 8 heteroatoms. The van der Waals surface area contributed by atoms with Crippen LogP contribution < -0.4 is 0 Å². The van der Waals surface area contributed by atoms with E-state index in [2.05, 4.69) is 4.98 Å². The number of likely N-dealkylation sites (tertiary alicyclic amines) is 1. The van der Waals surface area contributed by atoms with Crippen LogP contribution in [-0.4, -0.2) is 41.5 Å². The number of esters is 1. The van der Waals surface area contributed by atoms with Crippen LogP contribution in [0.5, 0.6) is 0 Å². The van der Waals surface area contributed by atoms with Crippen LogP contribution in [-0.2, 0) is 20.7 Å². The zero-order valence-corrected chi connectivity index (χ0v) is 17.1. The van der Waals surface area contributed by atoms with Crippen molar-refractivity contribution < 1.29 is 18.7 Å². The van der Waals surface area contributed by atoms with Gasteiger partial charge in [0.1, 0.15) is 0 Å². The van der Waals surface area contributed by atoms with Crippen LogP contribution in [0, 0.1) is 5.92 Å². The summed E-state index contributed by atoms with van der Waals surface area (Å²) in [5.74, 6) is 0.520. The molecule has 1 fully saturated rings. The first-order chi connectivity index (χ1) is 13.5. The third kappa shape index (κ3) is 5.06. The van der Waals surface area contributed by atoms with E-state index in [1.165, 1.54) is 0 Å². The van der Waals surface area contributed by atoms with E-state index in [4.69, 9.17) is 32.4 Å². The number of hydrogen-bond donors (Lipinski definition) is 0. The third-order valence-corrected chi connectivity index (χ3v) is 5.24. The molecule has 0 saturated carbocycles. The molecule has 0 bridgehead atoms. The Balaban J connectivity index is 1.56. The Morgan fingerprint density at radius 2 is 2.18 bits per heavy atom. The molecule has 0 N–H and O–H groups in total. The molecule has 0 aliphatic carbocycles. The number of oxazole rings is 1. The van der Waals surface area contributed by atoms with Gasteiger partial charge < -0.3 is 14.1 Å². The van der Waals surface area contributed by atoms with Crippen LogP contribution in [0.2, 0.25) is 10.0 Å². The van der Waals surface area contributed by atoms with Gasteiger partial charge in [-0.05, 0) is 38.0 Å². The lowest BCUT2D eigenvalue weighted by atomic mass is 9.98. The number of amides is 1. The molecule has 1 aromatic carbocycles. The standard InChI is InChI=1S/C20H22Cl2N2O4/c1-2-27-20(26)13-4-3-9-24(12-13)19(25)8-7-18-23-11-17(28-18)15-6-5-14(21)10-16(15)22/h5-6,10-11,13H,2-4,7-9,12H2,1H3/t13-/m1/s1. The maximum atomic E-state index is 12.5. The van der Waals surface area contributed by atoms with Crippen LogP contribution in [0.25, 0.3) is 11.3 Å². The van der Waals surface area contributed by atoms with Crippen molar-refractivity contribution in [2.45, 2.75) is 32.6 Å². The van der Waals surface area contributed by atoms with Crippen molar-refractivity contribution >= 4 is 35.1 Å². The number of aromatic nitrogens is 1. The van der Waals surface area contributed by atoms with E-state index >= 15 is 0 Å². The van der Waals surface area contributed by atoms with E-state index in [9.17, 15) is 9.59 Å². The Bertz CT molecular complexity index is 852. The molecule has 1 aliphatic rings. The second kappa shape index (κ2) is 9.43. The number of aryl methyl sites for hydroxylation is 1. The molecule has 3 rings (SSSR count). The lowest BCUT2D eigenvalue weighted by Crippen LogP contribution is -2.42. The van der Waals surface area contributed by atoms with Crippen molar-refractivity contribution in [1.82, 2.24) is 9.88 Å². The van der Waals surface area contributed by atoms with E-state index in [-0.39, 0.29) is 24.2 Å². The summed E-state index contributed by atoms with van der Waals surface area (Å²) in [5.41, 5.74) is 0.699. The van der Waals surface area contributed by atoms with Crippen LogP contribution in [0.1, 0.15) is 32.1 Å². The van der Waals surface area contributed by atoms with Crippen molar-refractivity contribution in [3.05, 3.63) is 40.3 Å². The molecule has 6 nitrogen and oxygen atoms in total. The summed E-state index contributed by atoms with van der Waals surface area (Å²) < 4.78 is 10.8. The fourth-order valence-electron chi connectivity index (χ4n) is 3.27. The van der Waals surface area contributed by atoms with Crippen molar-refractivity contribution in [3.63, 3.8) is 0 Å². The minimum absolute atomic E-state index is 0.0155. The number of benzene rings is 1. The second-order valence-electron chi connectivity index (χ2n) is 6.67. The molecule has 1 saturated heterocycles. The average molecular weight is 425 g/mol. The van der Waals surface area contributed by atoms with Crippen LogP contribution in [0.15, 0.2) is 28.8 Å². The monoisotopic (exact) mass is 424 g/mol. The van der Waals surface area contributed by atoms with Gasteiger partial charge in [0.05, 0.1) is 23.7 Å². The fourth-order valence-corrected chi connectivity index (χ4v) is 3.77. The first-order valence-corrected chi connectivity index (χ1v) is 10.1. The third-order valence-electron chi connectivity index (χ3n) is 4.70. The van der Waals surface area contributed by atoms with Crippen LogP contribution >= 0.6 is 23.2 Å². The summed E-state index contributed by atoms with van der Waals surface area (Å²) in [6, 6.07) is 5.13. The highest BCUT2D eigenvalue weighted by atomic mass is 35.5. The van der Waals surface area contributed by atoms with E-state index in [0.717, 1.165) is 12.8 Å². The molecule has 0 spiro atoms. The van der Waals surface area contributed by atoms with Gasteiger partial charge in [0.15, 0.2) is 11.7 Å². The predicted molar refractivity (Wildman–Crippen MR) is 106 cm³/mol. The van der Waals surface area contributed by atoms with Gasteiger partial charge in [0.25, 0.3) is 0 Å². The largest absolute Gasteiger partial charge is 0.466 e. The highest BCUT2D eigenvalue weighted by molar-refractivity contribution is 6.36. The lowest BCUT2D eigenvalue weighted by molar-refractivity contribution is -0.151. The van der Waals surface area contributed by atoms with Gasteiger partial charge in [0, 0.05) is 36.5 Å². The SMILES string of the molecule is CCOC(=O)[C@@H]1CCCN(C(=O)CCc2ncc(-c3ccc(Cl)cc3Cl)o2)C1. The number of nitrogens with zero attached hydrogens (tertiary/aromatic N) is 2. The molecule has 2 heterocycles.